The largest absolute Gasteiger partial charge is 0.475 e. The summed E-state index contributed by atoms with van der Waals surface area (Å²) in [5, 5.41) is 0.510. The van der Waals surface area contributed by atoms with Crippen molar-refractivity contribution in [2.24, 2.45) is 5.73 Å². The smallest absolute Gasteiger partial charge is 0.232 e. The predicted molar refractivity (Wildman–Crippen MR) is 67.8 cm³/mol. The summed E-state index contributed by atoms with van der Waals surface area (Å²) in [5.41, 5.74) is 5.99. The summed E-state index contributed by atoms with van der Waals surface area (Å²) < 4.78 is 6.43. The maximum absolute atomic E-state index is 6.18. The van der Waals surface area contributed by atoms with Gasteiger partial charge in [-0.15, -0.1) is 0 Å². The first-order chi connectivity index (χ1) is 7.59. The second kappa shape index (κ2) is 4.90. The van der Waals surface area contributed by atoms with Crippen LogP contribution in [0.25, 0.3) is 0 Å². The zero-order valence-electron chi connectivity index (χ0n) is 8.88. The highest BCUT2D eigenvalue weighted by Crippen LogP contribution is 2.30. The number of hydrogen-bond donors (Lipinski definition) is 1. The summed E-state index contributed by atoms with van der Waals surface area (Å²) in [5.74, 6) is 0.460. The van der Waals surface area contributed by atoms with Gasteiger partial charge in [0.2, 0.25) is 5.88 Å². The van der Waals surface area contributed by atoms with E-state index < -0.39 is 0 Å². The molecule has 88 valence electrons. The monoisotopic (exact) mass is 304 g/mol. The zero-order chi connectivity index (χ0) is 11.6. The van der Waals surface area contributed by atoms with Crippen molar-refractivity contribution < 1.29 is 4.74 Å². The van der Waals surface area contributed by atoms with Crippen LogP contribution in [0.4, 0.5) is 0 Å². The molecule has 16 heavy (non-hydrogen) atoms. The first kappa shape index (κ1) is 12.1. The van der Waals surface area contributed by atoms with E-state index in [0.717, 1.165) is 17.3 Å². The van der Waals surface area contributed by atoms with Gasteiger partial charge in [-0.2, -0.15) is 0 Å². The van der Waals surface area contributed by atoms with Crippen molar-refractivity contribution in [1.82, 2.24) is 4.98 Å². The van der Waals surface area contributed by atoms with E-state index in [1.54, 1.807) is 12.3 Å². The molecular formula is C11H14BrClN2O. The maximum atomic E-state index is 6.18. The highest BCUT2D eigenvalue weighted by Gasteiger charge is 2.30. The molecule has 0 atom stereocenters. The van der Waals surface area contributed by atoms with Crippen LogP contribution >= 0.6 is 27.5 Å². The highest BCUT2D eigenvalue weighted by molar-refractivity contribution is 9.10. The van der Waals surface area contributed by atoms with Gasteiger partial charge < -0.3 is 10.5 Å². The number of hydrogen-bond acceptors (Lipinski definition) is 3. The van der Waals surface area contributed by atoms with Crippen LogP contribution in [0.5, 0.6) is 5.88 Å². The fourth-order valence-electron chi connectivity index (χ4n) is 1.94. The van der Waals surface area contributed by atoms with E-state index in [1.165, 1.54) is 12.8 Å². The Morgan fingerprint density at radius 2 is 2.19 bits per heavy atom. The lowest BCUT2D eigenvalue weighted by atomic mass is 10.0. The number of aromatic nitrogens is 1. The normalized spacial score (nSPS) is 18.7. The van der Waals surface area contributed by atoms with Gasteiger partial charge in [0.25, 0.3) is 0 Å². The molecular weight excluding hydrogens is 291 g/mol. The molecule has 0 unspecified atom stereocenters. The molecule has 3 nitrogen and oxygen atoms in total. The summed E-state index contributed by atoms with van der Waals surface area (Å²) in [6, 6.07) is 1.77. The van der Waals surface area contributed by atoms with Crippen LogP contribution in [0, 0.1) is 0 Å². The Morgan fingerprint density at radius 1 is 1.50 bits per heavy atom. The number of nitrogens with two attached hydrogens (primary N) is 1. The summed E-state index contributed by atoms with van der Waals surface area (Å²) in [6.45, 7) is 0.487. The van der Waals surface area contributed by atoms with Gasteiger partial charge in [-0.25, -0.2) is 4.98 Å². The lowest BCUT2D eigenvalue weighted by Crippen LogP contribution is -2.42. The molecule has 0 aromatic carbocycles. The molecule has 0 spiro atoms. The molecule has 0 bridgehead atoms. The minimum atomic E-state index is -0.196. The van der Waals surface area contributed by atoms with Crippen molar-refractivity contribution in [2.45, 2.75) is 31.2 Å². The van der Waals surface area contributed by atoms with Crippen LogP contribution in [0.3, 0.4) is 0 Å². The van der Waals surface area contributed by atoms with Gasteiger partial charge in [0.1, 0.15) is 11.6 Å². The summed E-state index contributed by atoms with van der Waals surface area (Å²) in [7, 11) is 0. The van der Waals surface area contributed by atoms with Crippen molar-refractivity contribution in [1.29, 1.82) is 0 Å². The minimum Gasteiger partial charge on any atom is -0.475 e. The lowest BCUT2D eigenvalue weighted by Gasteiger charge is -2.23. The fraction of sp³-hybridized carbons (Fsp3) is 0.545. The first-order valence-corrected chi connectivity index (χ1v) is 6.49. The Labute approximate surface area is 108 Å². The van der Waals surface area contributed by atoms with Crippen LogP contribution in [-0.2, 0) is 0 Å². The van der Waals surface area contributed by atoms with E-state index in [-0.39, 0.29) is 5.54 Å². The van der Waals surface area contributed by atoms with Gasteiger partial charge in [-0.05, 0) is 34.8 Å². The molecule has 1 aliphatic carbocycles. The maximum Gasteiger partial charge on any atom is 0.232 e. The molecule has 2 N–H and O–H groups in total. The Bertz CT molecular complexity index is 380. The molecule has 0 radical (unpaired) electrons. The van der Waals surface area contributed by atoms with Crippen LogP contribution in [0.2, 0.25) is 5.02 Å². The Hall–Kier alpha value is -0.320. The third-order valence-electron chi connectivity index (χ3n) is 2.87. The van der Waals surface area contributed by atoms with Crippen LogP contribution in [-0.4, -0.2) is 17.1 Å². The SMILES string of the molecule is NC1(COc2ncc(Br)cc2Cl)CCCC1. The van der Waals surface area contributed by atoms with E-state index in [0.29, 0.717) is 17.5 Å². The fourth-order valence-corrected chi connectivity index (χ4v) is 2.63. The molecule has 0 amide bonds. The van der Waals surface area contributed by atoms with E-state index in [2.05, 4.69) is 20.9 Å². The molecule has 1 aromatic heterocycles. The van der Waals surface area contributed by atoms with Crippen molar-refractivity contribution in [3.05, 3.63) is 21.8 Å². The Morgan fingerprint density at radius 3 is 2.81 bits per heavy atom. The molecule has 1 aliphatic rings. The quantitative estimate of drug-likeness (QED) is 0.933. The van der Waals surface area contributed by atoms with E-state index in [4.69, 9.17) is 22.1 Å². The highest BCUT2D eigenvalue weighted by atomic mass is 79.9. The lowest BCUT2D eigenvalue weighted by molar-refractivity contribution is 0.213. The minimum absolute atomic E-state index is 0.196. The summed E-state index contributed by atoms with van der Waals surface area (Å²) in [6.07, 6.45) is 6.06. The van der Waals surface area contributed by atoms with Gasteiger partial charge in [0.05, 0.1) is 5.54 Å². The zero-order valence-corrected chi connectivity index (χ0v) is 11.2. The van der Waals surface area contributed by atoms with Crippen molar-refractivity contribution in [2.75, 3.05) is 6.61 Å². The second-order valence-corrected chi connectivity index (χ2v) is 5.62. The summed E-state index contributed by atoms with van der Waals surface area (Å²) >= 11 is 9.30. The van der Waals surface area contributed by atoms with Gasteiger partial charge >= 0.3 is 0 Å². The van der Waals surface area contributed by atoms with Crippen LogP contribution in [0.1, 0.15) is 25.7 Å². The van der Waals surface area contributed by atoms with Crippen molar-refractivity contribution in [3.8, 4) is 5.88 Å². The average molecular weight is 306 g/mol. The van der Waals surface area contributed by atoms with Crippen molar-refractivity contribution >= 4 is 27.5 Å². The van der Waals surface area contributed by atoms with E-state index in [1.807, 2.05) is 0 Å². The second-order valence-electron chi connectivity index (χ2n) is 4.30. The van der Waals surface area contributed by atoms with Crippen molar-refractivity contribution in [3.63, 3.8) is 0 Å². The Kier molecular flexibility index (Phi) is 3.72. The topological polar surface area (TPSA) is 48.1 Å². The van der Waals surface area contributed by atoms with Gasteiger partial charge in [-0.3, -0.25) is 0 Å². The number of rotatable bonds is 3. The number of ether oxygens (including phenoxy) is 1. The number of pyridine rings is 1. The number of nitrogens with zero attached hydrogens (tertiary/aromatic N) is 1. The van der Waals surface area contributed by atoms with E-state index in [9.17, 15) is 0 Å². The molecule has 1 heterocycles. The first-order valence-electron chi connectivity index (χ1n) is 5.32. The third kappa shape index (κ3) is 2.87. The Balaban J connectivity index is 1.99. The summed E-state index contributed by atoms with van der Waals surface area (Å²) in [4.78, 5) is 4.11. The third-order valence-corrected chi connectivity index (χ3v) is 3.57. The van der Waals surface area contributed by atoms with Gasteiger partial charge in [-0.1, -0.05) is 24.4 Å². The number of halogens is 2. The molecule has 5 heteroatoms. The van der Waals surface area contributed by atoms with Crippen LogP contribution in [0.15, 0.2) is 16.7 Å². The standard InChI is InChI=1S/C11H14BrClN2O/c12-8-5-9(13)10(15-6-8)16-7-11(14)3-1-2-4-11/h5-6H,1-4,7,14H2. The van der Waals surface area contributed by atoms with Gasteiger partial charge in [0, 0.05) is 10.7 Å². The molecule has 1 aromatic rings. The van der Waals surface area contributed by atoms with Crippen LogP contribution < -0.4 is 10.5 Å². The van der Waals surface area contributed by atoms with E-state index >= 15 is 0 Å². The molecule has 1 saturated carbocycles. The molecule has 2 rings (SSSR count). The van der Waals surface area contributed by atoms with Gasteiger partial charge in [0.15, 0.2) is 0 Å². The average Bonchev–Trinajstić information content (AvgIpc) is 2.64. The predicted octanol–water partition coefficient (Wildman–Crippen LogP) is 3.15. The molecule has 1 fully saturated rings. The molecule has 0 saturated heterocycles. The molecule has 0 aliphatic heterocycles.